The molecule has 6 atom stereocenters. The molecule has 6 unspecified atom stereocenters. The third-order valence-corrected chi connectivity index (χ3v) is 6.59. The largest absolute Gasteiger partial charge is 0.481 e. The number of rotatable bonds is 6. The summed E-state index contributed by atoms with van der Waals surface area (Å²) in [4.78, 5) is 26.6. The minimum absolute atomic E-state index is 0.0894. The van der Waals surface area contributed by atoms with Gasteiger partial charge in [-0.2, -0.15) is 0 Å². The molecular formula is C22H29NO6. The minimum atomic E-state index is -0.872. The summed E-state index contributed by atoms with van der Waals surface area (Å²) in [5, 5.41) is 9.90. The highest BCUT2D eigenvalue weighted by atomic mass is 16.7. The number of fused-ring (bicyclic) bond motifs is 1. The maximum Gasteiger partial charge on any atom is 0.410 e. The number of ether oxygens (including phenoxy) is 3. The Bertz CT molecular complexity index is 719. The molecule has 3 fully saturated rings. The number of amides is 1. The molecule has 7 heteroatoms. The van der Waals surface area contributed by atoms with Crippen LogP contribution in [-0.4, -0.2) is 54.2 Å². The first-order valence-electron chi connectivity index (χ1n) is 10.5. The number of hydrogen-bond donors (Lipinski definition) is 1. The summed E-state index contributed by atoms with van der Waals surface area (Å²) >= 11 is 0. The number of benzene rings is 1. The molecule has 0 radical (unpaired) electrons. The van der Waals surface area contributed by atoms with Crippen molar-refractivity contribution in [3.63, 3.8) is 0 Å². The van der Waals surface area contributed by atoms with E-state index in [0.717, 1.165) is 24.8 Å². The van der Waals surface area contributed by atoms with E-state index in [1.807, 2.05) is 30.3 Å². The highest BCUT2D eigenvalue weighted by molar-refractivity contribution is 5.75. The standard InChI is InChI=1S/C22H29NO6/c1-14-16-11-23(22(26)29-12-15-7-3-2-4-8-15)17(20(19(14)16)21(24)25)13-28-18-9-5-6-10-27-18/h2-4,7-8,14,16-20H,5-6,9-13H2,1H3,(H,24,25). The SMILES string of the molecule is CC1C2CN(C(=O)OCc3ccccc3)C(COC3CCCCO3)C(C(=O)O)C12. The van der Waals surface area contributed by atoms with E-state index in [0.29, 0.717) is 13.2 Å². The lowest BCUT2D eigenvalue weighted by molar-refractivity contribution is -0.179. The summed E-state index contributed by atoms with van der Waals surface area (Å²) in [7, 11) is 0. The van der Waals surface area contributed by atoms with Crippen LogP contribution in [0.3, 0.4) is 0 Å². The van der Waals surface area contributed by atoms with Gasteiger partial charge in [0.25, 0.3) is 0 Å². The second-order valence-corrected chi connectivity index (χ2v) is 8.35. The lowest BCUT2D eigenvalue weighted by atomic mass is 9.88. The monoisotopic (exact) mass is 403 g/mol. The van der Waals surface area contributed by atoms with Crippen LogP contribution in [0.2, 0.25) is 0 Å². The fourth-order valence-electron chi connectivity index (χ4n) is 4.86. The van der Waals surface area contributed by atoms with Gasteiger partial charge in [0.1, 0.15) is 6.61 Å². The summed E-state index contributed by atoms with van der Waals surface area (Å²) in [6.45, 7) is 3.55. The Morgan fingerprint density at radius 1 is 1.24 bits per heavy atom. The maximum absolute atomic E-state index is 12.9. The fraction of sp³-hybridized carbons (Fsp3) is 0.636. The zero-order chi connectivity index (χ0) is 20.4. The van der Waals surface area contributed by atoms with E-state index in [1.165, 1.54) is 0 Å². The molecule has 7 nitrogen and oxygen atoms in total. The van der Waals surface area contributed by atoms with Crippen LogP contribution in [0.1, 0.15) is 31.7 Å². The Morgan fingerprint density at radius 3 is 2.72 bits per heavy atom. The number of carbonyl (C=O) groups excluding carboxylic acids is 1. The van der Waals surface area contributed by atoms with E-state index in [4.69, 9.17) is 14.2 Å². The predicted octanol–water partition coefficient (Wildman–Crippen LogP) is 3.13. The first kappa shape index (κ1) is 20.2. The summed E-state index contributed by atoms with van der Waals surface area (Å²) < 4.78 is 17.1. The molecule has 2 aliphatic heterocycles. The summed E-state index contributed by atoms with van der Waals surface area (Å²) in [6.07, 6.45) is 2.04. The Balaban J connectivity index is 1.45. The summed E-state index contributed by atoms with van der Waals surface area (Å²) in [5.74, 6) is -0.926. The summed E-state index contributed by atoms with van der Waals surface area (Å²) in [5.41, 5.74) is 0.897. The van der Waals surface area contributed by atoms with Gasteiger partial charge in [-0.25, -0.2) is 4.79 Å². The van der Waals surface area contributed by atoms with E-state index in [1.54, 1.807) is 4.90 Å². The number of carboxylic acids is 1. The lowest BCUT2D eigenvalue weighted by Crippen LogP contribution is -2.54. The average Bonchev–Trinajstić information content (AvgIpc) is 3.39. The van der Waals surface area contributed by atoms with Gasteiger partial charge in [0.2, 0.25) is 0 Å². The molecule has 1 amide bonds. The van der Waals surface area contributed by atoms with Crippen LogP contribution in [-0.2, 0) is 25.6 Å². The third kappa shape index (κ3) is 4.41. The highest BCUT2D eigenvalue weighted by Crippen LogP contribution is 2.56. The zero-order valence-corrected chi connectivity index (χ0v) is 16.7. The second kappa shape index (κ2) is 8.71. The van der Waals surface area contributed by atoms with E-state index >= 15 is 0 Å². The number of hydrogen-bond acceptors (Lipinski definition) is 5. The Hall–Kier alpha value is -2.12. The molecule has 3 aliphatic rings. The van der Waals surface area contributed by atoms with Crippen molar-refractivity contribution in [3.05, 3.63) is 35.9 Å². The molecule has 2 heterocycles. The maximum atomic E-state index is 12.9. The molecule has 0 spiro atoms. The van der Waals surface area contributed by atoms with Crippen LogP contribution < -0.4 is 0 Å². The van der Waals surface area contributed by atoms with Crippen molar-refractivity contribution in [2.45, 2.75) is 45.1 Å². The quantitative estimate of drug-likeness (QED) is 0.785. The number of likely N-dealkylation sites (tertiary alicyclic amines) is 1. The minimum Gasteiger partial charge on any atom is -0.481 e. The number of carboxylic acid groups (broad SMARTS) is 1. The first-order chi connectivity index (χ1) is 14.1. The van der Waals surface area contributed by atoms with Crippen molar-refractivity contribution in [3.8, 4) is 0 Å². The van der Waals surface area contributed by atoms with Crippen molar-refractivity contribution in [1.29, 1.82) is 0 Å². The number of piperidine rings is 1. The molecule has 0 bridgehead atoms. The predicted molar refractivity (Wildman–Crippen MR) is 104 cm³/mol. The van der Waals surface area contributed by atoms with E-state index in [-0.39, 0.29) is 37.3 Å². The molecule has 1 N–H and O–H groups in total. The smallest absolute Gasteiger partial charge is 0.410 e. The van der Waals surface area contributed by atoms with Crippen LogP contribution in [0.5, 0.6) is 0 Å². The third-order valence-electron chi connectivity index (χ3n) is 6.59. The van der Waals surface area contributed by atoms with Crippen LogP contribution in [0.15, 0.2) is 30.3 Å². The van der Waals surface area contributed by atoms with E-state index < -0.39 is 24.0 Å². The van der Waals surface area contributed by atoms with Crippen LogP contribution >= 0.6 is 0 Å². The fourth-order valence-corrected chi connectivity index (χ4v) is 4.86. The van der Waals surface area contributed by atoms with Crippen LogP contribution in [0, 0.1) is 23.7 Å². The zero-order valence-electron chi connectivity index (χ0n) is 16.7. The number of nitrogens with zero attached hydrogens (tertiary/aromatic N) is 1. The van der Waals surface area contributed by atoms with Gasteiger partial charge in [0.05, 0.1) is 18.6 Å². The second-order valence-electron chi connectivity index (χ2n) is 8.35. The Kier molecular flexibility index (Phi) is 6.06. The molecular weight excluding hydrogens is 374 g/mol. The van der Waals surface area contributed by atoms with Crippen molar-refractivity contribution in [2.75, 3.05) is 19.8 Å². The van der Waals surface area contributed by atoms with Gasteiger partial charge in [-0.05, 0) is 42.6 Å². The van der Waals surface area contributed by atoms with Crippen molar-refractivity contribution < 1.29 is 28.9 Å². The van der Waals surface area contributed by atoms with Gasteiger partial charge in [-0.15, -0.1) is 0 Å². The molecule has 0 aromatic heterocycles. The normalized spacial score (nSPS) is 33.6. The highest BCUT2D eigenvalue weighted by Gasteiger charge is 2.61. The van der Waals surface area contributed by atoms with E-state index in [2.05, 4.69) is 6.92 Å². The van der Waals surface area contributed by atoms with E-state index in [9.17, 15) is 14.7 Å². The first-order valence-corrected chi connectivity index (χ1v) is 10.5. The molecule has 2 saturated heterocycles. The molecule has 4 rings (SSSR count). The van der Waals surface area contributed by atoms with Gasteiger partial charge in [0.15, 0.2) is 6.29 Å². The Labute approximate surface area is 170 Å². The number of carbonyl (C=O) groups is 2. The molecule has 1 aliphatic carbocycles. The van der Waals surface area contributed by atoms with Crippen molar-refractivity contribution in [1.82, 2.24) is 4.90 Å². The molecule has 29 heavy (non-hydrogen) atoms. The molecule has 158 valence electrons. The lowest BCUT2D eigenvalue weighted by Gasteiger charge is -2.39. The van der Waals surface area contributed by atoms with Crippen LogP contribution in [0.25, 0.3) is 0 Å². The van der Waals surface area contributed by atoms with Gasteiger partial charge in [-0.3, -0.25) is 4.79 Å². The van der Waals surface area contributed by atoms with Crippen molar-refractivity contribution >= 4 is 12.1 Å². The molecule has 1 saturated carbocycles. The average molecular weight is 403 g/mol. The Morgan fingerprint density at radius 2 is 2.03 bits per heavy atom. The van der Waals surface area contributed by atoms with Crippen LogP contribution in [0.4, 0.5) is 4.79 Å². The number of aliphatic carboxylic acids is 1. The topological polar surface area (TPSA) is 85.3 Å². The van der Waals surface area contributed by atoms with Crippen molar-refractivity contribution in [2.24, 2.45) is 23.7 Å². The van der Waals surface area contributed by atoms with Gasteiger partial charge in [-0.1, -0.05) is 37.3 Å². The summed E-state index contributed by atoms with van der Waals surface area (Å²) in [6, 6.07) is 8.92. The van der Waals surface area contributed by atoms with Gasteiger partial charge >= 0.3 is 12.1 Å². The van der Waals surface area contributed by atoms with Gasteiger partial charge < -0.3 is 24.2 Å². The molecule has 1 aromatic rings. The molecule has 1 aromatic carbocycles. The van der Waals surface area contributed by atoms with Gasteiger partial charge in [0, 0.05) is 13.2 Å².